The Hall–Kier alpha value is 3.23. The van der Waals surface area contributed by atoms with Gasteiger partial charge in [0.05, 0.1) is 0 Å². The molecule has 0 N–H and O–H groups in total. The van der Waals surface area contributed by atoms with E-state index in [1.165, 1.54) is 0 Å². The molecule has 0 aromatic heterocycles. The molecule has 0 spiro atoms. The first kappa shape index (κ1) is 113. The molecule has 0 saturated heterocycles. The van der Waals surface area contributed by atoms with Crippen LogP contribution in [-0.4, -0.2) is 56.6 Å². The maximum Gasteiger partial charge on any atom is -3.00 e. The molecule has 8 heteroatoms. The van der Waals surface area contributed by atoms with Crippen molar-refractivity contribution in [1.82, 2.24) is 0 Å². The van der Waals surface area contributed by atoms with E-state index >= 15 is 0 Å². The minimum absolute atomic E-state index is 0. The molecule has 0 heterocycles. The second-order valence-electron chi connectivity index (χ2n) is 0. The average Bonchev–Trinajstić information content (AvgIpc) is 0. The molecule has 0 fully saturated rings. The first-order chi connectivity index (χ1) is 0. The summed E-state index contributed by atoms with van der Waals surface area (Å²) in [5, 5.41) is 0. The van der Waals surface area contributed by atoms with E-state index in [-0.39, 0.29) is 119 Å². The minimum Gasteiger partial charge on any atom is -3.00 e. The molecule has 0 aromatic rings. The minimum atomic E-state index is 0. The Kier molecular flexibility index (Phi) is 1180. The van der Waals surface area contributed by atoms with Gasteiger partial charge in [-0.15, -0.1) is 0 Å². The molecule has 0 atom stereocenters. The third-order valence-corrected chi connectivity index (χ3v) is 0. The molecule has 0 unspecified atom stereocenters. The van der Waals surface area contributed by atoms with Gasteiger partial charge in [-0.3, -0.25) is 0 Å². The van der Waals surface area contributed by atoms with Gasteiger partial charge in [-0.05, 0) is 0 Å². The van der Waals surface area contributed by atoms with E-state index in [1.54, 1.807) is 0 Å². The summed E-state index contributed by atoms with van der Waals surface area (Å²) in [7, 11) is 0. The second-order valence-corrected chi connectivity index (χ2v) is 0. The Labute approximate surface area is 117 Å². The van der Waals surface area contributed by atoms with Crippen molar-refractivity contribution >= 4 is 56.6 Å². The fourth-order valence-electron chi connectivity index (χ4n) is 0. The standard InChI is InChI=1S/3Co.3Li.2N.3H/q3*+2;;;;2*-3;;;. The molecule has 0 saturated carbocycles. The summed E-state index contributed by atoms with van der Waals surface area (Å²) in [4.78, 5) is 0. The normalized spacial score (nSPS) is 0. The Bertz CT molecular complexity index is 12.5. The first-order valence-corrected chi connectivity index (χ1v) is 0. The Morgan fingerprint density at radius 3 is 0.375 bits per heavy atom. The molecule has 0 aliphatic carbocycles. The molecule has 8 heavy (non-hydrogen) atoms. The third kappa shape index (κ3) is 59.9. The van der Waals surface area contributed by atoms with Crippen LogP contribution >= 0.6 is 0 Å². The van der Waals surface area contributed by atoms with Crippen LogP contribution in [0.2, 0.25) is 0 Å². The quantitative estimate of drug-likeness (QED) is 0.459. The van der Waals surface area contributed by atoms with Crippen molar-refractivity contribution in [3.63, 3.8) is 0 Å². The van der Waals surface area contributed by atoms with Crippen molar-refractivity contribution in [2.45, 2.75) is 0 Å². The van der Waals surface area contributed by atoms with E-state index in [9.17, 15) is 0 Å². The molecule has 3 radical (unpaired) electrons. The molecule has 0 aliphatic rings. The van der Waals surface area contributed by atoms with Crippen LogP contribution in [0.15, 0.2) is 0 Å². The van der Waals surface area contributed by atoms with Crippen molar-refractivity contribution in [3.8, 4) is 0 Å². The Balaban J connectivity index is 0. The molecule has 0 rings (SSSR count). The van der Waals surface area contributed by atoms with Gasteiger partial charge in [0.15, 0.2) is 0 Å². The largest absolute Gasteiger partial charge is 3.00 e. The van der Waals surface area contributed by atoms with Gasteiger partial charge in [-0.1, -0.05) is 0 Å². The van der Waals surface area contributed by atoms with Gasteiger partial charge in [0.1, 0.15) is 0 Å². The molecule has 0 aromatic carbocycles. The summed E-state index contributed by atoms with van der Waals surface area (Å²) < 4.78 is 0. The monoisotopic (exact) mass is 229 g/mol. The molecule has 0 amide bonds. The summed E-state index contributed by atoms with van der Waals surface area (Å²) in [6.07, 6.45) is 0. The molecule has 0 aliphatic heterocycles. The molecule has 43 valence electrons. The van der Waals surface area contributed by atoms with Gasteiger partial charge in [-0.25, -0.2) is 0 Å². The summed E-state index contributed by atoms with van der Waals surface area (Å²) in [5.41, 5.74) is 0. The van der Waals surface area contributed by atoms with Crippen molar-refractivity contribution in [1.29, 1.82) is 0 Å². The van der Waals surface area contributed by atoms with Crippen LogP contribution in [0, 0.1) is 0 Å². The van der Waals surface area contributed by atoms with Gasteiger partial charge in [0.25, 0.3) is 0 Å². The summed E-state index contributed by atoms with van der Waals surface area (Å²) in [5.74, 6) is 0. The number of hydrogen-bond acceptors (Lipinski definition) is 0. The van der Waals surface area contributed by atoms with Crippen LogP contribution in [0.4, 0.5) is 0 Å². The summed E-state index contributed by atoms with van der Waals surface area (Å²) >= 11 is 0. The summed E-state index contributed by atoms with van der Waals surface area (Å²) in [6, 6.07) is 0. The van der Waals surface area contributed by atoms with Crippen LogP contribution in [0.5, 0.6) is 0 Å². The van der Waals surface area contributed by atoms with Crippen LogP contribution in [0.25, 0.3) is 12.3 Å². The van der Waals surface area contributed by atoms with E-state index in [0.717, 1.165) is 0 Å². The fourth-order valence-corrected chi connectivity index (χ4v) is 0. The number of nitrogens with zero attached hydrogens (tertiary/aromatic N) is 2. The zero-order valence-electron chi connectivity index (χ0n) is 1.89. The van der Waals surface area contributed by atoms with Gasteiger partial charge < -0.3 is 12.3 Å². The maximum absolute atomic E-state index is 0. The Morgan fingerprint density at radius 2 is 0.375 bits per heavy atom. The molecular formula is H3Co3Li3N2. The van der Waals surface area contributed by atoms with Gasteiger partial charge >= 0.3 is 107 Å². The van der Waals surface area contributed by atoms with Crippen molar-refractivity contribution in [2.24, 2.45) is 0 Å². The predicted molar refractivity (Wildman–Crippen MR) is 28.2 cm³/mol. The summed E-state index contributed by atoms with van der Waals surface area (Å²) in [6.45, 7) is 0. The third-order valence-electron chi connectivity index (χ3n) is 0. The average molecular weight is 229 g/mol. The number of rotatable bonds is 0. The van der Waals surface area contributed by atoms with E-state index in [2.05, 4.69) is 0 Å². The maximum atomic E-state index is 0. The smallest absolute Gasteiger partial charge is 3.00 e. The van der Waals surface area contributed by atoms with Crippen LogP contribution < -0.4 is 0 Å². The zero-order valence-corrected chi connectivity index (χ0v) is 5.02. The van der Waals surface area contributed by atoms with Crippen molar-refractivity contribution < 1.29 is 50.3 Å². The topological polar surface area (TPSA) is 61.0 Å². The molecular weight excluding hydrogens is 226 g/mol. The van der Waals surface area contributed by atoms with Crippen LogP contribution in [0.3, 0.4) is 0 Å². The number of hydrogen-bond donors (Lipinski definition) is 0. The first-order valence-electron chi connectivity index (χ1n) is 0. The van der Waals surface area contributed by atoms with Crippen LogP contribution in [-0.2, 0) is 50.3 Å². The van der Waals surface area contributed by atoms with E-state index in [4.69, 9.17) is 0 Å². The second kappa shape index (κ2) is 83.5. The van der Waals surface area contributed by atoms with Gasteiger partial charge in [-0.2, -0.15) is 0 Å². The van der Waals surface area contributed by atoms with Crippen molar-refractivity contribution in [3.05, 3.63) is 12.3 Å². The predicted octanol–water partition coefficient (Wildman–Crippen LogP) is -1.38. The SMILES string of the molecule is [Co+2].[Co+2].[Co+2].[LiH].[LiH].[LiH].[N-3].[N-3]. The molecule has 2 nitrogen and oxygen atoms in total. The van der Waals surface area contributed by atoms with Crippen LogP contribution in [0.1, 0.15) is 0 Å². The van der Waals surface area contributed by atoms with E-state index in [0.29, 0.717) is 0 Å². The fraction of sp³-hybridized carbons (Fsp3) is 0. The zero-order chi connectivity index (χ0) is 0. The van der Waals surface area contributed by atoms with E-state index < -0.39 is 0 Å². The molecule has 0 bridgehead atoms. The Morgan fingerprint density at radius 1 is 0.375 bits per heavy atom. The van der Waals surface area contributed by atoms with Gasteiger partial charge in [0, 0.05) is 0 Å². The van der Waals surface area contributed by atoms with E-state index in [1.807, 2.05) is 0 Å². The van der Waals surface area contributed by atoms with Gasteiger partial charge in [0.2, 0.25) is 0 Å². The van der Waals surface area contributed by atoms with Crippen molar-refractivity contribution in [2.75, 3.05) is 0 Å².